The van der Waals surface area contributed by atoms with E-state index in [1.807, 2.05) is 12.4 Å². The number of nitrogens with one attached hydrogen (secondary N) is 1. The molecule has 0 aromatic carbocycles. The zero-order valence-electron chi connectivity index (χ0n) is 13.4. The van der Waals surface area contributed by atoms with Gasteiger partial charge in [0.25, 0.3) is 0 Å². The van der Waals surface area contributed by atoms with Gasteiger partial charge in [-0.3, -0.25) is 4.98 Å². The molecule has 0 radical (unpaired) electrons. The van der Waals surface area contributed by atoms with Crippen LogP contribution < -0.4 is 10.2 Å². The Bertz CT molecular complexity index is 416. The Balaban J connectivity index is 2.09. The Hall–Kier alpha value is -1.09. The van der Waals surface area contributed by atoms with Crippen molar-refractivity contribution < 1.29 is 0 Å². The zero-order chi connectivity index (χ0) is 14.6. The molecular formula is C17H29N3. The SMILES string of the molecule is CN(c1cnccc1CNC(C)(C)C)C1CCCCC1. The van der Waals surface area contributed by atoms with Gasteiger partial charge in [0.15, 0.2) is 0 Å². The van der Waals surface area contributed by atoms with E-state index >= 15 is 0 Å². The predicted molar refractivity (Wildman–Crippen MR) is 86.1 cm³/mol. The summed E-state index contributed by atoms with van der Waals surface area (Å²) >= 11 is 0. The van der Waals surface area contributed by atoms with Crippen molar-refractivity contribution in [3.05, 3.63) is 24.0 Å². The van der Waals surface area contributed by atoms with Crippen LogP contribution in [0.25, 0.3) is 0 Å². The number of hydrogen-bond donors (Lipinski definition) is 1. The number of nitrogens with zero attached hydrogens (tertiary/aromatic N) is 2. The van der Waals surface area contributed by atoms with Crippen molar-refractivity contribution >= 4 is 5.69 Å². The van der Waals surface area contributed by atoms with Gasteiger partial charge < -0.3 is 10.2 Å². The van der Waals surface area contributed by atoms with Gasteiger partial charge in [0.05, 0.1) is 11.9 Å². The number of anilines is 1. The molecule has 0 aliphatic heterocycles. The van der Waals surface area contributed by atoms with E-state index in [2.05, 4.69) is 49.1 Å². The second-order valence-electron chi connectivity index (χ2n) is 7.01. The van der Waals surface area contributed by atoms with Crippen LogP contribution >= 0.6 is 0 Å². The van der Waals surface area contributed by atoms with Crippen molar-refractivity contribution in [3.63, 3.8) is 0 Å². The first-order chi connectivity index (χ1) is 9.47. The molecule has 2 rings (SSSR count). The number of hydrogen-bond acceptors (Lipinski definition) is 3. The third kappa shape index (κ3) is 4.20. The highest BCUT2D eigenvalue weighted by atomic mass is 15.1. The van der Waals surface area contributed by atoms with E-state index < -0.39 is 0 Å². The number of rotatable bonds is 4. The molecule has 0 unspecified atom stereocenters. The minimum absolute atomic E-state index is 0.143. The van der Waals surface area contributed by atoms with E-state index in [-0.39, 0.29) is 5.54 Å². The van der Waals surface area contributed by atoms with E-state index in [0.29, 0.717) is 6.04 Å². The standard InChI is InChI=1S/C17H29N3/c1-17(2,3)19-12-14-10-11-18-13-16(14)20(4)15-8-6-5-7-9-15/h10-11,13,15,19H,5-9,12H2,1-4H3. The van der Waals surface area contributed by atoms with E-state index in [1.54, 1.807) is 0 Å². The van der Waals surface area contributed by atoms with Gasteiger partial charge in [-0.25, -0.2) is 0 Å². The van der Waals surface area contributed by atoms with Crippen molar-refractivity contribution in [1.82, 2.24) is 10.3 Å². The Morgan fingerprint density at radius 2 is 1.95 bits per heavy atom. The lowest BCUT2D eigenvalue weighted by Crippen LogP contribution is -2.37. The summed E-state index contributed by atoms with van der Waals surface area (Å²) in [5.41, 5.74) is 2.78. The summed E-state index contributed by atoms with van der Waals surface area (Å²) in [7, 11) is 2.23. The Morgan fingerprint density at radius 3 is 2.60 bits per heavy atom. The molecule has 1 aromatic rings. The van der Waals surface area contributed by atoms with Crippen molar-refractivity contribution in [2.45, 2.75) is 71.0 Å². The average molecular weight is 275 g/mol. The Labute approximate surface area is 123 Å². The topological polar surface area (TPSA) is 28.2 Å². The van der Waals surface area contributed by atoms with Gasteiger partial charge in [-0.1, -0.05) is 19.3 Å². The van der Waals surface area contributed by atoms with Crippen LogP contribution in [0.15, 0.2) is 18.5 Å². The fraction of sp³-hybridized carbons (Fsp3) is 0.706. The quantitative estimate of drug-likeness (QED) is 0.907. The van der Waals surface area contributed by atoms with Crippen LogP contribution in [0.5, 0.6) is 0 Å². The molecule has 1 aliphatic carbocycles. The highest BCUT2D eigenvalue weighted by Gasteiger charge is 2.20. The zero-order valence-corrected chi connectivity index (χ0v) is 13.4. The summed E-state index contributed by atoms with van der Waals surface area (Å²) in [6.07, 6.45) is 10.7. The second-order valence-corrected chi connectivity index (χ2v) is 7.01. The van der Waals surface area contributed by atoms with Crippen LogP contribution in [0.4, 0.5) is 5.69 Å². The summed E-state index contributed by atoms with van der Waals surface area (Å²) in [6, 6.07) is 2.83. The summed E-state index contributed by atoms with van der Waals surface area (Å²) in [5, 5.41) is 3.58. The molecule has 1 fully saturated rings. The molecule has 1 aromatic heterocycles. The predicted octanol–water partition coefficient (Wildman–Crippen LogP) is 3.74. The Morgan fingerprint density at radius 1 is 1.25 bits per heavy atom. The van der Waals surface area contributed by atoms with Crippen molar-refractivity contribution in [2.24, 2.45) is 0 Å². The fourth-order valence-corrected chi connectivity index (χ4v) is 2.91. The minimum atomic E-state index is 0.143. The summed E-state index contributed by atoms with van der Waals surface area (Å²) in [4.78, 5) is 6.79. The maximum absolute atomic E-state index is 4.34. The number of aromatic nitrogens is 1. The third-order valence-corrected chi connectivity index (χ3v) is 4.20. The van der Waals surface area contributed by atoms with Gasteiger partial charge in [-0.2, -0.15) is 0 Å². The van der Waals surface area contributed by atoms with Crippen LogP contribution in [0.2, 0.25) is 0 Å². The molecule has 0 saturated heterocycles. The lowest BCUT2D eigenvalue weighted by Gasteiger charge is -2.34. The van der Waals surface area contributed by atoms with Crippen LogP contribution in [0, 0.1) is 0 Å². The van der Waals surface area contributed by atoms with Gasteiger partial charge >= 0.3 is 0 Å². The lowest BCUT2D eigenvalue weighted by molar-refractivity contribution is 0.417. The van der Waals surface area contributed by atoms with Crippen molar-refractivity contribution in [1.29, 1.82) is 0 Å². The first-order valence-corrected chi connectivity index (χ1v) is 7.88. The lowest BCUT2D eigenvalue weighted by atomic mass is 9.94. The molecule has 0 spiro atoms. The molecule has 20 heavy (non-hydrogen) atoms. The molecule has 1 saturated carbocycles. The van der Waals surface area contributed by atoms with Crippen LogP contribution in [0.3, 0.4) is 0 Å². The summed E-state index contributed by atoms with van der Waals surface area (Å²) in [6.45, 7) is 7.52. The smallest absolute Gasteiger partial charge is 0.0598 e. The first-order valence-electron chi connectivity index (χ1n) is 7.88. The summed E-state index contributed by atoms with van der Waals surface area (Å²) in [5.74, 6) is 0. The van der Waals surface area contributed by atoms with E-state index in [9.17, 15) is 0 Å². The minimum Gasteiger partial charge on any atom is -0.370 e. The molecule has 1 aliphatic rings. The number of pyridine rings is 1. The average Bonchev–Trinajstić information content (AvgIpc) is 2.45. The summed E-state index contributed by atoms with van der Waals surface area (Å²) < 4.78 is 0. The van der Waals surface area contributed by atoms with Crippen molar-refractivity contribution in [3.8, 4) is 0 Å². The molecular weight excluding hydrogens is 246 g/mol. The molecule has 1 N–H and O–H groups in total. The largest absolute Gasteiger partial charge is 0.370 e. The Kier molecular flexibility index (Phi) is 5.03. The first kappa shape index (κ1) is 15.3. The molecule has 112 valence electrons. The van der Waals surface area contributed by atoms with Gasteiger partial charge in [0.1, 0.15) is 0 Å². The maximum Gasteiger partial charge on any atom is 0.0598 e. The van der Waals surface area contributed by atoms with Gasteiger partial charge in [0, 0.05) is 31.4 Å². The highest BCUT2D eigenvalue weighted by molar-refractivity contribution is 5.52. The normalized spacial score (nSPS) is 17.2. The molecule has 3 heteroatoms. The van der Waals surface area contributed by atoms with E-state index in [1.165, 1.54) is 43.4 Å². The third-order valence-electron chi connectivity index (χ3n) is 4.20. The van der Waals surface area contributed by atoms with Crippen LogP contribution in [0.1, 0.15) is 58.4 Å². The highest BCUT2D eigenvalue weighted by Crippen LogP contribution is 2.28. The molecule has 1 heterocycles. The van der Waals surface area contributed by atoms with Gasteiger partial charge in [-0.05, 0) is 45.2 Å². The molecule has 3 nitrogen and oxygen atoms in total. The van der Waals surface area contributed by atoms with Gasteiger partial charge in [-0.15, -0.1) is 0 Å². The molecule has 0 atom stereocenters. The maximum atomic E-state index is 4.34. The van der Waals surface area contributed by atoms with Crippen LogP contribution in [-0.2, 0) is 6.54 Å². The van der Waals surface area contributed by atoms with Crippen molar-refractivity contribution in [2.75, 3.05) is 11.9 Å². The van der Waals surface area contributed by atoms with E-state index in [4.69, 9.17) is 0 Å². The van der Waals surface area contributed by atoms with Gasteiger partial charge in [0.2, 0.25) is 0 Å². The fourth-order valence-electron chi connectivity index (χ4n) is 2.91. The monoisotopic (exact) mass is 275 g/mol. The molecule has 0 bridgehead atoms. The van der Waals surface area contributed by atoms with Crippen LogP contribution in [-0.4, -0.2) is 23.6 Å². The second kappa shape index (κ2) is 6.57. The van der Waals surface area contributed by atoms with E-state index in [0.717, 1.165) is 6.54 Å². The molecule has 0 amide bonds.